The van der Waals surface area contributed by atoms with Gasteiger partial charge < -0.3 is 40.3 Å². The number of β-amino-alcohol motifs (C(OH)–C–C–N with tert-alkyl or cyclic N) is 1. The van der Waals surface area contributed by atoms with E-state index in [-0.39, 0.29) is 49.6 Å². The lowest BCUT2D eigenvalue weighted by Crippen LogP contribution is -2.74. The number of ether oxygens (including phenoxy) is 2. The number of rotatable bonds is 16. The fourth-order valence-electron chi connectivity index (χ4n) is 10.3. The van der Waals surface area contributed by atoms with Crippen LogP contribution in [0, 0.1) is 34.5 Å². The first-order valence-electron chi connectivity index (χ1n) is 23.9. The van der Waals surface area contributed by atoms with Gasteiger partial charge in [-0.1, -0.05) is 84.3 Å². The summed E-state index contributed by atoms with van der Waals surface area (Å²) in [6.07, 6.45) is 0.599. The summed E-state index contributed by atoms with van der Waals surface area (Å²) < 4.78 is 12.2. The van der Waals surface area contributed by atoms with Gasteiger partial charge in [-0.25, -0.2) is 9.97 Å². The highest BCUT2D eigenvalue weighted by Crippen LogP contribution is 2.55. The van der Waals surface area contributed by atoms with Gasteiger partial charge in [0.2, 0.25) is 17.7 Å². The quantitative estimate of drug-likeness (QED) is 0.0934. The van der Waals surface area contributed by atoms with Crippen LogP contribution in [0.5, 0.6) is 5.75 Å². The van der Waals surface area contributed by atoms with Gasteiger partial charge in [0.15, 0.2) is 0 Å². The van der Waals surface area contributed by atoms with Crippen molar-refractivity contribution in [2.24, 2.45) is 16.2 Å². The predicted octanol–water partition coefficient (Wildman–Crippen LogP) is 6.16. The Morgan fingerprint density at radius 2 is 1.69 bits per heavy atom. The number of anilines is 1. The molecule has 2 aromatic carbocycles. The number of nitrogens with one attached hydrogen (secondary N) is 3. The zero-order chi connectivity index (χ0) is 50.7. The van der Waals surface area contributed by atoms with Crippen LogP contribution in [0.15, 0.2) is 66.3 Å². The van der Waals surface area contributed by atoms with Gasteiger partial charge in [0.25, 0.3) is 5.91 Å². The summed E-state index contributed by atoms with van der Waals surface area (Å²) in [5, 5.41) is 29.4. The van der Waals surface area contributed by atoms with E-state index in [1.54, 1.807) is 41.8 Å². The number of aliphatic hydroxyl groups is 1. The maximum absolute atomic E-state index is 14.1. The number of likely N-dealkylation sites (tertiary alicyclic amines) is 1. The van der Waals surface area contributed by atoms with Gasteiger partial charge >= 0.3 is 0 Å². The highest BCUT2D eigenvalue weighted by Gasteiger charge is 2.64. The van der Waals surface area contributed by atoms with Gasteiger partial charge in [0.1, 0.15) is 42.4 Å². The van der Waals surface area contributed by atoms with Crippen molar-refractivity contribution in [3.8, 4) is 22.3 Å². The van der Waals surface area contributed by atoms with E-state index in [1.807, 2.05) is 70.5 Å². The third kappa shape index (κ3) is 11.6. The minimum Gasteiger partial charge on any atom is -0.489 e. The molecule has 70 heavy (non-hydrogen) atoms. The summed E-state index contributed by atoms with van der Waals surface area (Å²) >= 11 is 7.83. The maximum atomic E-state index is 14.1. The molecule has 0 bridgehead atoms. The lowest BCUT2D eigenvalue weighted by atomic mass is 9.49. The molecule has 2 saturated heterocycles. The molecule has 1 saturated carbocycles. The van der Waals surface area contributed by atoms with Crippen molar-refractivity contribution in [2.75, 3.05) is 57.4 Å². The summed E-state index contributed by atoms with van der Waals surface area (Å²) in [5.74, 6) is -0.115. The van der Waals surface area contributed by atoms with Crippen molar-refractivity contribution in [2.45, 2.75) is 105 Å². The second kappa shape index (κ2) is 21.4. The van der Waals surface area contributed by atoms with Gasteiger partial charge in [0.05, 0.1) is 51.0 Å². The maximum Gasteiger partial charge on any atom is 0.253 e. The molecule has 7 rings (SSSR count). The molecule has 1 aliphatic carbocycles. The zero-order valence-corrected chi connectivity index (χ0v) is 43.1. The molecule has 4 atom stereocenters. The first-order valence-corrected chi connectivity index (χ1v) is 25.1. The normalized spacial score (nSPS) is 21.7. The number of halogens is 1. The number of aromatic nitrogens is 2. The molecule has 2 aliphatic heterocycles. The number of piperazine rings is 1. The van der Waals surface area contributed by atoms with Crippen LogP contribution in [0.2, 0.25) is 5.02 Å². The smallest absolute Gasteiger partial charge is 0.253 e. The number of nitrogens with zero attached hydrogens (tertiary/aromatic N) is 6. The van der Waals surface area contributed by atoms with Crippen LogP contribution in [0.3, 0.4) is 0 Å². The Hall–Kier alpha value is -5.64. The number of pyridine rings is 1. The first kappa shape index (κ1) is 52.2. The molecule has 1 unspecified atom stereocenters. The molecule has 4 heterocycles. The van der Waals surface area contributed by atoms with Crippen molar-refractivity contribution in [1.29, 1.82) is 5.26 Å². The minimum absolute atomic E-state index is 0.0190. The van der Waals surface area contributed by atoms with Crippen LogP contribution >= 0.6 is 22.9 Å². The number of amides is 4. The highest BCUT2D eigenvalue weighted by molar-refractivity contribution is 7.13. The van der Waals surface area contributed by atoms with Gasteiger partial charge in [-0.2, -0.15) is 5.26 Å². The van der Waals surface area contributed by atoms with Crippen molar-refractivity contribution in [3.05, 3.63) is 93.7 Å². The third-order valence-corrected chi connectivity index (χ3v) is 15.3. The molecule has 3 aliphatic rings. The SMILES string of the molecule is Cc1ncsc1-c1ccc([C@H](C)NC(=O)[C@@H]2C[C@@H](O)CN2C(=O)C(NC(=O)COCCN2CCN(c3ccc(C(=O)NC4C(C)(C)C(Oc5ccc(C#N)c(Cl)c5)C4(C)C)cn3)CC2)C(C)(C)C)cc1. The van der Waals surface area contributed by atoms with Crippen molar-refractivity contribution in [3.63, 3.8) is 0 Å². The molecule has 4 amide bonds. The number of hydrogen-bond acceptors (Lipinski definition) is 13. The summed E-state index contributed by atoms with van der Waals surface area (Å²) in [5.41, 5.74) is 4.06. The van der Waals surface area contributed by atoms with Crippen LogP contribution in [-0.4, -0.2) is 131 Å². The summed E-state index contributed by atoms with van der Waals surface area (Å²) in [6.45, 7) is 21.2. The molecule has 3 fully saturated rings. The molecule has 18 heteroatoms. The summed E-state index contributed by atoms with van der Waals surface area (Å²) in [7, 11) is 0. The number of thiazole rings is 1. The predicted molar refractivity (Wildman–Crippen MR) is 269 cm³/mol. The van der Waals surface area contributed by atoms with Crippen LogP contribution in [-0.2, 0) is 19.1 Å². The molecule has 0 spiro atoms. The topological polar surface area (TPSA) is 202 Å². The van der Waals surface area contributed by atoms with E-state index in [9.17, 15) is 29.5 Å². The molecule has 2 aromatic heterocycles. The molecule has 4 N–H and O–H groups in total. The van der Waals surface area contributed by atoms with Gasteiger partial charge in [-0.05, 0) is 54.7 Å². The standard InChI is InChI=1S/C52H66ClN9O7S/c1-31(33-10-12-34(13-11-33)43-32(2)56-30-70-43)57-46(66)40-24-37(63)28-62(40)47(67)44(50(3,4)5)58-42(64)29-68-23-22-60-18-20-61(21-19-60)41-17-15-36(27-55-41)45(65)59-48-51(6,7)49(52(48,8)9)69-38-16-14-35(26-54)39(53)25-38/h10-17,25,27,30-31,37,40,44,48-49,63H,18-24,28-29H2,1-9H3,(H,57,66)(H,58,64)(H,59,65)/t31-,37+,40-,44?,48?,49?/m0/s1. The highest BCUT2D eigenvalue weighted by atomic mass is 35.5. The molecule has 0 radical (unpaired) electrons. The Balaban J connectivity index is 0.831. The summed E-state index contributed by atoms with van der Waals surface area (Å²) in [6, 6.07) is 16.3. The van der Waals surface area contributed by atoms with Crippen molar-refractivity contribution in [1.82, 2.24) is 35.7 Å². The largest absolute Gasteiger partial charge is 0.489 e. The zero-order valence-electron chi connectivity index (χ0n) is 41.5. The van der Waals surface area contributed by atoms with Gasteiger partial charge in [-0.15, -0.1) is 11.3 Å². The van der Waals surface area contributed by atoms with E-state index in [0.717, 1.165) is 40.6 Å². The molecular weight excluding hydrogens is 930 g/mol. The Morgan fingerprint density at radius 3 is 2.29 bits per heavy atom. The van der Waals surface area contributed by atoms with E-state index < -0.39 is 46.2 Å². The van der Waals surface area contributed by atoms with Gasteiger partial charge in [-0.3, -0.25) is 24.1 Å². The number of aliphatic hydroxyl groups excluding tert-OH is 1. The van der Waals surface area contributed by atoms with Crippen LogP contribution in [0.4, 0.5) is 5.82 Å². The average molecular weight is 997 g/mol. The molecule has 374 valence electrons. The Labute approximate surface area is 420 Å². The monoisotopic (exact) mass is 995 g/mol. The lowest BCUT2D eigenvalue weighted by Gasteiger charge is -2.63. The van der Waals surface area contributed by atoms with E-state index in [4.69, 9.17) is 21.1 Å². The Kier molecular flexibility index (Phi) is 15.9. The van der Waals surface area contributed by atoms with Crippen molar-refractivity contribution < 1.29 is 33.8 Å². The van der Waals surface area contributed by atoms with E-state index in [0.29, 0.717) is 48.1 Å². The van der Waals surface area contributed by atoms with Gasteiger partial charge in [0, 0.05) is 74.8 Å². The fourth-order valence-corrected chi connectivity index (χ4v) is 11.3. The summed E-state index contributed by atoms with van der Waals surface area (Å²) in [4.78, 5) is 70.4. The van der Waals surface area contributed by atoms with E-state index in [2.05, 4.69) is 69.5 Å². The average Bonchev–Trinajstić information content (AvgIpc) is 3.95. The second-order valence-corrected chi connectivity index (χ2v) is 22.2. The number of benzene rings is 2. The Bertz CT molecular complexity index is 2550. The number of hydrogen-bond donors (Lipinski definition) is 4. The van der Waals surface area contributed by atoms with E-state index in [1.165, 1.54) is 4.90 Å². The molecule has 16 nitrogen and oxygen atoms in total. The van der Waals surface area contributed by atoms with Crippen LogP contribution in [0.25, 0.3) is 10.4 Å². The minimum atomic E-state index is -0.966. The fraction of sp³-hybridized carbons (Fsp3) is 0.519. The number of carbonyl (C=O) groups excluding carboxylic acids is 4. The van der Waals surface area contributed by atoms with Crippen molar-refractivity contribution >= 4 is 52.4 Å². The lowest BCUT2D eigenvalue weighted by molar-refractivity contribution is -0.164. The Morgan fingerprint density at radius 1 is 0.986 bits per heavy atom. The van der Waals surface area contributed by atoms with Crippen LogP contribution in [0.1, 0.15) is 95.0 Å². The molecular formula is C52H66ClN9O7S. The number of carbonyl (C=O) groups is 4. The number of aryl methyl sites for hydroxylation is 1. The second-order valence-electron chi connectivity index (χ2n) is 21.0. The molecule has 4 aromatic rings. The van der Waals surface area contributed by atoms with Crippen LogP contribution < -0.4 is 25.6 Å². The first-order chi connectivity index (χ1) is 33.1. The third-order valence-electron chi connectivity index (χ3n) is 14.0. The number of nitriles is 1. The van der Waals surface area contributed by atoms with E-state index >= 15 is 0 Å².